The van der Waals surface area contributed by atoms with E-state index in [1.807, 2.05) is 0 Å². The lowest BCUT2D eigenvalue weighted by Gasteiger charge is -2.09. The van der Waals surface area contributed by atoms with Crippen LogP contribution in [0.3, 0.4) is 0 Å². The second kappa shape index (κ2) is 6.51. The van der Waals surface area contributed by atoms with E-state index in [0.29, 0.717) is 22.6 Å². The third-order valence-electron chi connectivity index (χ3n) is 2.81. The molecule has 0 bridgehead atoms. The molecule has 2 aromatic rings. The number of nitrogens with zero attached hydrogens (tertiary/aromatic N) is 1. The molecule has 0 saturated carbocycles. The van der Waals surface area contributed by atoms with Crippen LogP contribution in [0.4, 0.5) is 5.69 Å². The van der Waals surface area contributed by atoms with E-state index in [4.69, 9.17) is 4.74 Å². The number of anilines is 1. The average Bonchev–Trinajstić information content (AvgIpc) is 2.54. The molecule has 0 aliphatic heterocycles. The highest BCUT2D eigenvalue weighted by molar-refractivity contribution is 6.06. The van der Waals surface area contributed by atoms with E-state index in [9.17, 15) is 9.59 Å². The Kier molecular flexibility index (Phi) is 4.50. The first kappa shape index (κ1) is 14.5. The highest BCUT2D eigenvalue weighted by Crippen LogP contribution is 2.18. The summed E-state index contributed by atoms with van der Waals surface area (Å²) < 4.78 is 9.69. The average molecular weight is 286 g/mol. The number of hydrogen-bond donors (Lipinski definition) is 1. The summed E-state index contributed by atoms with van der Waals surface area (Å²) in [6.07, 6.45) is 2.98. The first-order valence-electron chi connectivity index (χ1n) is 6.13. The van der Waals surface area contributed by atoms with Gasteiger partial charge in [0.15, 0.2) is 0 Å². The van der Waals surface area contributed by atoms with Crippen molar-refractivity contribution in [2.24, 2.45) is 0 Å². The molecule has 1 heterocycles. The molecule has 1 aromatic heterocycles. The van der Waals surface area contributed by atoms with Crippen LogP contribution in [0.5, 0.6) is 5.75 Å². The summed E-state index contributed by atoms with van der Waals surface area (Å²) >= 11 is 0. The molecule has 1 aromatic carbocycles. The third kappa shape index (κ3) is 3.36. The summed E-state index contributed by atoms with van der Waals surface area (Å²) in [5.41, 5.74) is 1.35. The minimum absolute atomic E-state index is 0.319. The van der Waals surface area contributed by atoms with Gasteiger partial charge in [-0.3, -0.25) is 9.78 Å². The van der Waals surface area contributed by atoms with Crippen molar-refractivity contribution in [3.63, 3.8) is 0 Å². The second-order valence-electron chi connectivity index (χ2n) is 4.10. The number of carbonyl (C=O) groups is 2. The molecule has 0 aliphatic carbocycles. The molecule has 0 atom stereocenters. The molecule has 0 spiro atoms. The Morgan fingerprint density at radius 1 is 1.10 bits per heavy atom. The molecule has 0 unspecified atom stereocenters. The van der Waals surface area contributed by atoms with Gasteiger partial charge in [0.1, 0.15) is 5.75 Å². The number of methoxy groups -OCH3 is 2. The lowest BCUT2D eigenvalue weighted by atomic mass is 10.2. The normalized spacial score (nSPS) is 9.81. The van der Waals surface area contributed by atoms with Gasteiger partial charge in [0.2, 0.25) is 0 Å². The van der Waals surface area contributed by atoms with Gasteiger partial charge in [-0.2, -0.15) is 0 Å². The van der Waals surface area contributed by atoms with Crippen molar-refractivity contribution in [3.8, 4) is 5.75 Å². The predicted octanol–water partition coefficient (Wildman–Crippen LogP) is 2.13. The molecule has 21 heavy (non-hydrogen) atoms. The fourth-order valence-electron chi connectivity index (χ4n) is 1.74. The van der Waals surface area contributed by atoms with Gasteiger partial charge in [-0.15, -0.1) is 0 Å². The fraction of sp³-hybridized carbons (Fsp3) is 0.133. The maximum absolute atomic E-state index is 12.2. The van der Waals surface area contributed by atoms with Gasteiger partial charge in [-0.05, 0) is 30.3 Å². The Morgan fingerprint density at radius 3 is 2.43 bits per heavy atom. The minimum Gasteiger partial charge on any atom is -0.494 e. The van der Waals surface area contributed by atoms with Crippen LogP contribution in [-0.4, -0.2) is 31.1 Å². The minimum atomic E-state index is -0.427. The van der Waals surface area contributed by atoms with E-state index in [0.717, 1.165) is 0 Å². The number of rotatable bonds is 4. The summed E-state index contributed by atoms with van der Waals surface area (Å²) in [5, 5.41) is 2.72. The van der Waals surface area contributed by atoms with Crippen molar-refractivity contribution in [2.45, 2.75) is 0 Å². The largest absolute Gasteiger partial charge is 0.494 e. The van der Waals surface area contributed by atoms with Crippen molar-refractivity contribution in [1.29, 1.82) is 0 Å². The van der Waals surface area contributed by atoms with E-state index in [2.05, 4.69) is 15.0 Å². The van der Waals surface area contributed by atoms with Crippen molar-refractivity contribution in [3.05, 3.63) is 53.9 Å². The molecule has 0 radical (unpaired) electrons. The Labute approximate surface area is 121 Å². The molecule has 0 saturated heterocycles. The molecular weight excluding hydrogens is 272 g/mol. The number of carbonyl (C=O) groups excluding carboxylic acids is 2. The van der Waals surface area contributed by atoms with Gasteiger partial charge in [0.25, 0.3) is 5.91 Å². The standard InChI is InChI=1S/C15H14N2O4/c1-20-13-9-16-8-7-12(13)14(18)17-11-5-3-10(4-6-11)15(19)21-2/h3-9H,1-2H3,(H,17,18). The summed E-state index contributed by atoms with van der Waals surface area (Å²) in [4.78, 5) is 27.4. The number of aromatic nitrogens is 1. The van der Waals surface area contributed by atoms with Crippen LogP contribution in [0.15, 0.2) is 42.7 Å². The first-order chi connectivity index (χ1) is 10.2. The highest BCUT2D eigenvalue weighted by atomic mass is 16.5. The molecule has 0 fully saturated rings. The van der Waals surface area contributed by atoms with Crippen molar-refractivity contribution in [2.75, 3.05) is 19.5 Å². The Balaban J connectivity index is 2.14. The SMILES string of the molecule is COC(=O)c1ccc(NC(=O)c2ccncc2OC)cc1. The monoisotopic (exact) mass is 286 g/mol. The molecule has 6 heteroatoms. The number of amides is 1. The smallest absolute Gasteiger partial charge is 0.337 e. The molecule has 6 nitrogen and oxygen atoms in total. The lowest BCUT2D eigenvalue weighted by molar-refractivity contribution is 0.0600. The maximum atomic E-state index is 12.2. The van der Waals surface area contributed by atoms with Crippen LogP contribution >= 0.6 is 0 Å². The van der Waals surface area contributed by atoms with Crippen LogP contribution in [0.2, 0.25) is 0 Å². The van der Waals surface area contributed by atoms with Gasteiger partial charge >= 0.3 is 5.97 Å². The van der Waals surface area contributed by atoms with E-state index >= 15 is 0 Å². The number of benzene rings is 1. The predicted molar refractivity (Wildman–Crippen MR) is 76.5 cm³/mol. The molecular formula is C15H14N2O4. The van der Waals surface area contributed by atoms with Crippen LogP contribution < -0.4 is 10.1 Å². The number of ether oxygens (including phenoxy) is 2. The Morgan fingerprint density at radius 2 is 1.81 bits per heavy atom. The van der Waals surface area contributed by atoms with Gasteiger partial charge in [-0.25, -0.2) is 4.79 Å². The van der Waals surface area contributed by atoms with E-state index in [-0.39, 0.29) is 5.91 Å². The molecule has 0 aliphatic rings. The first-order valence-corrected chi connectivity index (χ1v) is 6.13. The second-order valence-corrected chi connectivity index (χ2v) is 4.10. The summed E-state index contributed by atoms with van der Waals surface area (Å²) in [6.45, 7) is 0. The summed E-state index contributed by atoms with van der Waals surface area (Å²) in [7, 11) is 2.78. The Hall–Kier alpha value is -2.89. The zero-order valence-electron chi connectivity index (χ0n) is 11.6. The zero-order valence-corrected chi connectivity index (χ0v) is 11.6. The van der Waals surface area contributed by atoms with Gasteiger partial charge in [-0.1, -0.05) is 0 Å². The molecule has 1 N–H and O–H groups in total. The van der Waals surface area contributed by atoms with Crippen LogP contribution in [0, 0.1) is 0 Å². The number of pyridine rings is 1. The van der Waals surface area contributed by atoms with Gasteiger partial charge in [0.05, 0.1) is 31.5 Å². The zero-order chi connectivity index (χ0) is 15.2. The molecule has 108 valence electrons. The van der Waals surface area contributed by atoms with Crippen molar-refractivity contribution < 1.29 is 19.1 Å². The van der Waals surface area contributed by atoms with Crippen molar-refractivity contribution >= 4 is 17.6 Å². The summed E-state index contributed by atoms with van der Waals surface area (Å²) in [6, 6.07) is 7.96. The van der Waals surface area contributed by atoms with Crippen LogP contribution in [0.25, 0.3) is 0 Å². The van der Waals surface area contributed by atoms with E-state index < -0.39 is 5.97 Å². The topological polar surface area (TPSA) is 77.5 Å². The van der Waals surface area contributed by atoms with Crippen molar-refractivity contribution in [1.82, 2.24) is 4.98 Å². The van der Waals surface area contributed by atoms with Gasteiger partial charge < -0.3 is 14.8 Å². The summed E-state index contributed by atoms with van der Waals surface area (Å²) in [5.74, 6) is -0.357. The number of nitrogens with one attached hydrogen (secondary N) is 1. The number of hydrogen-bond acceptors (Lipinski definition) is 5. The van der Waals surface area contributed by atoms with E-state index in [1.165, 1.54) is 26.6 Å². The third-order valence-corrected chi connectivity index (χ3v) is 2.81. The quantitative estimate of drug-likeness (QED) is 0.871. The lowest BCUT2D eigenvalue weighted by Crippen LogP contribution is -2.13. The Bertz CT molecular complexity index is 653. The van der Waals surface area contributed by atoms with Crippen LogP contribution in [0.1, 0.15) is 20.7 Å². The molecule has 1 amide bonds. The van der Waals surface area contributed by atoms with Gasteiger partial charge in [0, 0.05) is 11.9 Å². The van der Waals surface area contributed by atoms with E-state index in [1.54, 1.807) is 30.3 Å². The molecule has 2 rings (SSSR count). The highest BCUT2D eigenvalue weighted by Gasteiger charge is 2.12. The number of esters is 1. The van der Waals surface area contributed by atoms with Crippen LogP contribution in [-0.2, 0) is 4.74 Å². The maximum Gasteiger partial charge on any atom is 0.337 e. The fourth-order valence-corrected chi connectivity index (χ4v) is 1.74.